The number of hydrogen-bond donors (Lipinski definition) is 1. The van der Waals surface area contributed by atoms with E-state index in [0.717, 1.165) is 16.2 Å². The van der Waals surface area contributed by atoms with Crippen LogP contribution in [0.1, 0.15) is 12.5 Å². The van der Waals surface area contributed by atoms with Crippen LogP contribution in [0.25, 0.3) is 0 Å². The Labute approximate surface area is 144 Å². The number of carbonyl (C=O) groups excluding carboxylic acids is 1. The van der Waals surface area contributed by atoms with Gasteiger partial charge in [-0.3, -0.25) is 14.9 Å². The average Bonchev–Trinajstić information content (AvgIpc) is 2.60. The lowest BCUT2D eigenvalue weighted by Gasteiger charge is -2.12. The molecule has 7 heteroatoms. The maximum absolute atomic E-state index is 12.2. The van der Waals surface area contributed by atoms with Gasteiger partial charge in [-0.25, -0.2) is 0 Å². The van der Waals surface area contributed by atoms with E-state index in [4.69, 9.17) is 4.74 Å². The number of nitrogens with zero attached hydrogens (tertiary/aromatic N) is 1. The maximum Gasteiger partial charge on any atom is 0.269 e. The Morgan fingerprint density at radius 1 is 1.29 bits per heavy atom. The van der Waals surface area contributed by atoms with E-state index in [-0.39, 0.29) is 16.8 Å². The third-order valence-electron chi connectivity index (χ3n) is 3.33. The van der Waals surface area contributed by atoms with Crippen LogP contribution in [0, 0.1) is 10.1 Å². The van der Waals surface area contributed by atoms with Crippen molar-refractivity contribution in [3.63, 3.8) is 0 Å². The predicted molar refractivity (Wildman–Crippen MR) is 93.3 cm³/mol. The van der Waals surface area contributed by atoms with Gasteiger partial charge in [-0.15, -0.1) is 11.8 Å². The number of nitro groups is 1. The van der Waals surface area contributed by atoms with Crippen molar-refractivity contribution in [1.29, 1.82) is 0 Å². The molecule has 0 saturated carbocycles. The van der Waals surface area contributed by atoms with Crippen LogP contribution in [0.3, 0.4) is 0 Å². The number of non-ortho nitro benzene ring substituents is 1. The molecule has 0 bridgehead atoms. The van der Waals surface area contributed by atoms with Crippen LogP contribution in [0.4, 0.5) is 5.69 Å². The summed E-state index contributed by atoms with van der Waals surface area (Å²) in [4.78, 5) is 23.2. The molecule has 1 N–H and O–H groups in total. The van der Waals surface area contributed by atoms with Crippen LogP contribution < -0.4 is 10.1 Å². The highest BCUT2D eigenvalue weighted by molar-refractivity contribution is 8.00. The van der Waals surface area contributed by atoms with Crippen molar-refractivity contribution in [2.45, 2.75) is 23.6 Å². The highest BCUT2D eigenvalue weighted by Gasteiger charge is 2.15. The molecule has 0 saturated heterocycles. The number of amides is 1. The maximum atomic E-state index is 12.2. The molecule has 2 rings (SSSR count). The highest BCUT2D eigenvalue weighted by atomic mass is 32.2. The number of methoxy groups -OCH3 is 1. The summed E-state index contributed by atoms with van der Waals surface area (Å²) in [6, 6.07) is 13.7. The fourth-order valence-corrected chi connectivity index (χ4v) is 2.91. The second-order valence-electron chi connectivity index (χ2n) is 5.08. The minimum atomic E-state index is -0.446. The van der Waals surface area contributed by atoms with Crippen molar-refractivity contribution in [1.82, 2.24) is 5.32 Å². The molecule has 1 amide bonds. The summed E-state index contributed by atoms with van der Waals surface area (Å²) in [5.74, 6) is 0.649. The Hall–Kier alpha value is -2.54. The standard InChI is InChI=1S/C17H18N2O4S/c1-12(24-16-8-6-14(7-9-16)19(21)22)17(20)18-11-13-4-3-5-15(10-13)23-2/h3-10,12H,11H2,1-2H3,(H,18,20). The minimum Gasteiger partial charge on any atom is -0.497 e. The van der Waals surface area contributed by atoms with Crippen LogP contribution in [-0.4, -0.2) is 23.2 Å². The van der Waals surface area contributed by atoms with E-state index in [0.29, 0.717) is 6.54 Å². The van der Waals surface area contributed by atoms with Crippen LogP contribution in [0.2, 0.25) is 0 Å². The van der Waals surface area contributed by atoms with Gasteiger partial charge in [-0.05, 0) is 36.8 Å². The Balaban J connectivity index is 1.88. The zero-order valence-corrected chi connectivity index (χ0v) is 14.2. The fraction of sp³-hybridized carbons (Fsp3) is 0.235. The Morgan fingerprint density at radius 2 is 2.00 bits per heavy atom. The normalized spacial score (nSPS) is 11.6. The average molecular weight is 346 g/mol. The first-order valence-electron chi connectivity index (χ1n) is 7.31. The van der Waals surface area contributed by atoms with E-state index in [1.54, 1.807) is 26.2 Å². The topological polar surface area (TPSA) is 81.5 Å². The molecule has 24 heavy (non-hydrogen) atoms. The molecule has 6 nitrogen and oxygen atoms in total. The van der Waals surface area contributed by atoms with Crippen molar-refractivity contribution in [3.8, 4) is 5.75 Å². The first kappa shape index (κ1) is 17.8. The van der Waals surface area contributed by atoms with Crippen molar-refractivity contribution in [3.05, 3.63) is 64.2 Å². The predicted octanol–water partition coefficient (Wildman–Crippen LogP) is 3.40. The van der Waals surface area contributed by atoms with Crippen LogP contribution in [0.5, 0.6) is 5.75 Å². The van der Waals surface area contributed by atoms with E-state index in [1.807, 2.05) is 24.3 Å². The van der Waals surface area contributed by atoms with Gasteiger partial charge in [-0.2, -0.15) is 0 Å². The van der Waals surface area contributed by atoms with Crippen molar-refractivity contribution in [2.24, 2.45) is 0 Å². The molecule has 0 heterocycles. The lowest BCUT2D eigenvalue weighted by atomic mass is 10.2. The summed E-state index contributed by atoms with van der Waals surface area (Å²) in [5, 5.41) is 13.2. The van der Waals surface area contributed by atoms with Gasteiger partial charge in [0.05, 0.1) is 17.3 Å². The minimum absolute atomic E-state index is 0.0366. The molecule has 0 fully saturated rings. The Morgan fingerprint density at radius 3 is 2.62 bits per heavy atom. The molecule has 2 aromatic rings. The Bertz CT molecular complexity index is 719. The van der Waals surface area contributed by atoms with Gasteiger partial charge in [0, 0.05) is 23.6 Å². The van der Waals surface area contributed by atoms with Gasteiger partial charge in [0.2, 0.25) is 5.91 Å². The third kappa shape index (κ3) is 4.99. The molecule has 126 valence electrons. The van der Waals surface area contributed by atoms with Gasteiger partial charge in [0.15, 0.2) is 0 Å². The van der Waals surface area contributed by atoms with Crippen molar-refractivity contribution >= 4 is 23.4 Å². The SMILES string of the molecule is COc1cccc(CNC(=O)C(C)Sc2ccc([N+](=O)[O-])cc2)c1. The second-order valence-corrected chi connectivity index (χ2v) is 6.49. The quantitative estimate of drug-likeness (QED) is 0.472. The number of nitro benzene ring substituents is 1. The first-order chi connectivity index (χ1) is 11.5. The summed E-state index contributed by atoms with van der Waals surface area (Å²) in [7, 11) is 1.60. The molecule has 1 unspecified atom stereocenters. The van der Waals surface area contributed by atoms with Crippen molar-refractivity contribution in [2.75, 3.05) is 7.11 Å². The zero-order valence-electron chi connectivity index (χ0n) is 13.4. The molecule has 2 aromatic carbocycles. The van der Waals surface area contributed by atoms with Gasteiger partial charge in [0.1, 0.15) is 5.75 Å². The van der Waals surface area contributed by atoms with Crippen LogP contribution >= 0.6 is 11.8 Å². The summed E-state index contributed by atoms with van der Waals surface area (Å²) in [5.41, 5.74) is 0.990. The lowest BCUT2D eigenvalue weighted by molar-refractivity contribution is -0.384. The summed E-state index contributed by atoms with van der Waals surface area (Å²) in [6.07, 6.45) is 0. The van der Waals surface area contributed by atoms with E-state index in [9.17, 15) is 14.9 Å². The summed E-state index contributed by atoms with van der Waals surface area (Å²) in [6.45, 7) is 2.22. The summed E-state index contributed by atoms with van der Waals surface area (Å²) >= 11 is 1.36. The van der Waals surface area contributed by atoms with E-state index >= 15 is 0 Å². The van der Waals surface area contributed by atoms with E-state index in [1.165, 1.54) is 23.9 Å². The number of hydrogen-bond acceptors (Lipinski definition) is 5. The van der Waals surface area contributed by atoms with Gasteiger partial charge >= 0.3 is 0 Å². The lowest BCUT2D eigenvalue weighted by Crippen LogP contribution is -2.30. The molecular formula is C17H18N2O4S. The molecule has 1 atom stereocenters. The molecule has 0 spiro atoms. The summed E-state index contributed by atoms with van der Waals surface area (Å²) < 4.78 is 5.15. The molecule has 0 aliphatic carbocycles. The van der Waals surface area contributed by atoms with Gasteiger partial charge < -0.3 is 10.1 Å². The zero-order chi connectivity index (χ0) is 17.5. The Kier molecular flexibility index (Phi) is 6.20. The van der Waals surface area contributed by atoms with E-state index < -0.39 is 4.92 Å². The molecule has 0 aromatic heterocycles. The molecule has 0 radical (unpaired) electrons. The molecule has 0 aliphatic rings. The first-order valence-corrected chi connectivity index (χ1v) is 8.19. The second kappa shape index (κ2) is 8.35. The number of ether oxygens (including phenoxy) is 1. The van der Waals surface area contributed by atoms with Gasteiger partial charge in [0.25, 0.3) is 5.69 Å². The number of nitrogens with one attached hydrogen (secondary N) is 1. The van der Waals surface area contributed by atoms with Crippen molar-refractivity contribution < 1.29 is 14.5 Å². The van der Waals surface area contributed by atoms with Crippen LogP contribution in [-0.2, 0) is 11.3 Å². The number of rotatable bonds is 7. The van der Waals surface area contributed by atoms with E-state index in [2.05, 4.69) is 5.32 Å². The highest BCUT2D eigenvalue weighted by Crippen LogP contribution is 2.25. The van der Waals surface area contributed by atoms with Gasteiger partial charge in [-0.1, -0.05) is 12.1 Å². The third-order valence-corrected chi connectivity index (χ3v) is 4.44. The van der Waals surface area contributed by atoms with Crippen LogP contribution in [0.15, 0.2) is 53.4 Å². The molecular weight excluding hydrogens is 328 g/mol. The monoisotopic (exact) mass is 346 g/mol. The number of benzene rings is 2. The number of carbonyl (C=O) groups is 1. The molecule has 0 aliphatic heterocycles. The number of thioether (sulfide) groups is 1. The largest absolute Gasteiger partial charge is 0.497 e. The smallest absolute Gasteiger partial charge is 0.269 e. The fourth-order valence-electron chi connectivity index (χ4n) is 2.02.